The van der Waals surface area contributed by atoms with Crippen molar-refractivity contribution in [3.05, 3.63) is 100 Å². The van der Waals surface area contributed by atoms with Crippen molar-refractivity contribution in [2.75, 3.05) is 48.8 Å². The van der Waals surface area contributed by atoms with E-state index in [1.165, 1.54) is 0 Å². The molecule has 4 N–H and O–H groups in total. The lowest BCUT2D eigenvalue weighted by Crippen LogP contribution is -2.39. The summed E-state index contributed by atoms with van der Waals surface area (Å²) >= 11 is 6.55. The molecule has 0 radical (unpaired) electrons. The summed E-state index contributed by atoms with van der Waals surface area (Å²) in [6.45, 7) is 10.1. The molecule has 12 heteroatoms. The number of piperidine rings is 2. The first-order valence-corrected chi connectivity index (χ1v) is 17.4. The van der Waals surface area contributed by atoms with Crippen LogP contribution in [0.1, 0.15) is 65.9 Å². The van der Waals surface area contributed by atoms with E-state index >= 15 is 0 Å². The summed E-state index contributed by atoms with van der Waals surface area (Å²) in [6, 6.07) is 13.4. The van der Waals surface area contributed by atoms with Crippen molar-refractivity contribution in [1.29, 1.82) is 0 Å². The molecule has 0 spiro atoms. The number of carbonyl (C=O) groups excluding carboxylic acids is 3. The molecule has 11 nitrogen and oxygen atoms in total. The van der Waals surface area contributed by atoms with Crippen molar-refractivity contribution in [1.82, 2.24) is 25.9 Å². The zero-order valence-corrected chi connectivity index (χ0v) is 29.3. The maximum Gasteiger partial charge on any atom is 0.251 e. The topological polar surface area (TPSA) is 132 Å². The first-order valence-electron chi connectivity index (χ1n) is 17.0. The average Bonchev–Trinajstić information content (AvgIpc) is 3.12. The molecule has 0 saturated carbocycles. The Balaban J connectivity index is 1.04. The maximum atomic E-state index is 13.1. The van der Waals surface area contributed by atoms with Crippen LogP contribution in [-0.4, -0.2) is 61.4 Å². The van der Waals surface area contributed by atoms with Crippen molar-refractivity contribution in [3.8, 4) is 0 Å². The van der Waals surface area contributed by atoms with Gasteiger partial charge in [-0.3, -0.25) is 14.4 Å². The van der Waals surface area contributed by atoms with Crippen molar-refractivity contribution in [2.45, 2.75) is 44.4 Å². The lowest BCUT2D eigenvalue weighted by Gasteiger charge is -2.32. The van der Waals surface area contributed by atoms with E-state index in [-0.39, 0.29) is 23.6 Å². The second-order valence-corrected chi connectivity index (χ2v) is 13.5. The van der Waals surface area contributed by atoms with Gasteiger partial charge in [-0.15, -0.1) is 0 Å². The fraction of sp³-hybridized carbons (Fsp3) is 0.342. The van der Waals surface area contributed by atoms with Gasteiger partial charge in [-0.25, -0.2) is 4.98 Å². The number of halogens is 1. The summed E-state index contributed by atoms with van der Waals surface area (Å²) in [5.74, 6) is 0.933. The molecule has 2 saturated heterocycles. The smallest absolute Gasteiger partial charge is 0.251 e. The van der Waals surface area contributed by atoms with Gasteiger partial charge in [0.05, 0.1) is 12.1 Å². The van der Waals surface area contributed by atoms with Gasteiger partial charge < -0.3 is 31.1 Å². The lowest BCUT2D eigenvalue weighted by atomic mass is 9.89. The largest absolute Gasteiger partial charge is 0.359 e. The Morgan fingerprint density at radius 1 is 1.10 bits per heavy atom. The Labute approximate surface area is 297 Å². The molecule has 260 valence electrons. The fourth-order valence-electron chi connectivity index (χ4n) is 6.67. The van der Waals surface area contributed by atoms with Gasteiger partial charge >= 0.3 is 0 Å². The Bertz CT molecular complexity index is 1870. The molecule has 3 aliphatic rings. The molecule has 3 aliphatic heterocycles. The van der Waals surface area contributed by atoms with E-state index < -0.39 is 0 Å². The van der Waals surface area contributed by atoms with Crippen molar-refractivity contribution in [2.24, 2.45) is 5.92 Å². The molecular formula is C38H43ClN8O3. The van der Waals surface area contributed by atoms with Gasteiger partial charge in [-0.05, 0) is 85.6 Å². The van der Waals surface area contributed by atoms with Gasteiger partial charge in [0.15, 0.2) is 5.82 Å². The molecule has 1 atom stereocenters. The molecule has 50 heavy (non-hydrogen) atoms. The summed E-state index contributed by atoms with van der Waals surface area (Å²) in [6.07, 6.45) is 7.85. The quantitative estimate of drug-likeness (QED) is 0.206. The Hall–Kier alpha value is -5.16. The minimum absolute atomic E-state index is 0.00905. The number of nitrogens with one attached hydrogen (secondary N) is 4. The number of allylic oxidation sites excluding steroid dienone is 2. The van der Waals surface area contributed by atoms with Crippen LogP contribution in [0.2, 0.25) is 5.02 Å². The number of fused-ring (bicyclic) bond motifs is 1. The monoisotopic (exact) mass is 694 g/mol. The highest BCUT2D eigenvalue weighted by Gasteiger charge is 2.27. The van der Waals surface area contributed by atoms with E-state index in [0.29, 0.717) is 54.1 Å². The van der Waals surface area contributed by atoms with E-state index in [4.69, 9.17) is 16.6 Å². The number of rotatable bonds is 10. The molecule has 6 rings (SSSR count). The maximum absolute atomic E-state index is 13.1. The number of hydrogen-bond donors (Lipinski definition) is 4. The second kappa shape index (κ2) is 15.2. The molecule has 0 aliphatic carbocycles. The number of benzene rings is 2. The van der Waals surface area contributed by atoms with Crippen LogP contribution in [-0.2, 0) is 9.59 Å². The standard InChI is InChI=1S/C38H43ClN8O3/c1-23-8-11-31(37(50)43-23)27-6-5-7-28(19-27)36(49)41-21-25-14-16-47(17-15-25)38-42-22-32(39)35(45-38)44-30-10-12-33-29(20-30)18-26(24(2)46(33)4)9-13-34(48)40-3/h5-7,10,12,18-20,22,25,31H,1-2,8-9,11,13-17,21H2,3-4H3,(H,40,48)(H,41,49)(H,43,50)(H,42,44,45). The molecule has 3 aromatic rings. The van der Waals surface area contributed by atoms with Gasteiger partial charge in [0, 0.05) is 74.0 Å². The molecule has 3 amide bonds. The highest BCUT2D eigenvalue weighted by atomic mass is 35.5. The van der Waals surface area contributed by atoms with Gasteiger partial charge in [0.1, 0.15) is 5.02 Å². The predicted octanol–water partition coefficient (Wildman–Crippen LogP) is 5.90. The third-order valence-corrected chi connectivity index (χ3v) is 10.0. The third kappa shape index (κ3) is 7.83. The Kier molecular flexibility index (Phi) is 10.5. The average molecular weight is 695 g/mol. The number of anilines is 4. The number of carbonyl (C=O) groups is 3. The molecule has 2 fully saturated rings. The summed E-state index contributed by atoms with van der Waals surface area (Å²) < 4.78 is 0. The van der Waals surface area contributed by atoms with Crippen LogP contribution in [0.25, 0.3) is 6.08 Å². The molecule has 4 heterocycles. The zero-order chi connectivity index (χ0) is 35.4. The van der Waals surface area contributed by atoms with Gasteiger partial charge in [0.2, 0.25) is 17.8 Å². The summed E-state index contributed by atoms with van der Waals surface area (Å²) in [5.41, 5.74) is 6.88. The number of nitrogens with zero attached hydrogens (tertiary/aromatic N) is 4. The van der Waals surface area contributed by atoms with E-state index in [0.717, 1.165) is 71.8 Å². The second-order valence-electron chi connectivity index (χ2n) is 13.1. The van der Waals surface area contributed by atoms with Crippen molar-refractivity contribution >= 4 is 58.5 Å². The van der Waals surface area contributed by atoms with Crippen molar-refractivity contribution in [3.63, 3.8) is 0 Å². The minimum Gasteiger partial charge on any atom is -0.359 e. The number of aromatic nitrogens is 2. The van der Waals surface area contributed by atoms with Crippen LogP contribution in [0.15, 0.2) is 78.8 Å². The zero-order valence-electron chi connectivity index (χ0n) is 28.5. The third-order valence-electron chi connectivity index (χ3n) is 9.74. The van der Waals surface area contributed by atoms with E-state index in [1.807, 2.05) is 48.3 Å². The van der Waals surface area contributed by atoms with Crippen LogP contribution in [0.5, 0.6) is 0 Å². The van der Waals surface area contributed by atoms with Crippen LogP contribution < -0.4 is 31.1 Å². The molecule has 1 aromatic heterocycles. The van der Waals surface area contributed by atoms with Crippen LogP contribution in [0.3, 0.4) is 0 Å². The first kappa shape index (κ1) is 34.7. The van der Waals surface area contributed by atoms with E-state index in [1.54, 1.807) is 19.3 Å². The van der Waals surface area contributed by atoms with Gasteiger partial charge in [-0.2, -0.15) is 4.98 Å². The van der Waals surface area contributed by atoms with E-state index in [9.17, 15) is 14.4 Å². The van der Waals surface area contributed by atoms with Crippen LogP contribution in [0.4, 0.5) is 23.1 Å². The SMILES string of the molecule is C=C1CCC(c2cccc(C(=O)NCC3CCN(c4ncc(Cl)c(Nc5ccc6c(c5)C=C(CCC(=O)NC)C(=C)N6C)n4)CC3)c2)C(=O)N1. The molecule has 2 aromatic carbocycles. The summed E-state index contributed by atoms with van der Waals surface area (Å²) in [5, 5.41) is 12.4. The van der Waals surface area contributed by atoms with Crippen molar-refractivity contribution < 1.29 is 14.4 Å². The summed E-state index contributed by atoms with van der Waals surface area (Å²) in [4.78, 5) is 50.9. The molecule has 1 unspecified atom stereocenters. The van der Waals surface area contributed by atoms with E-state index in [2.05, 4.69) is 50.4 Å². The number of hydrogen-bond acceptors (Lipinski definition) is 8. The molecule has 0 bridgehead atoms. The number of likely N-dealkylation sites (N-methyl/N-ethyl adjacent to an activating group) is 1. The van der Waals surface area contributed by atoms with Gasteiger partial charge in [-0.1, -0.05) is 36.9 Å². The molecular weight excluding hydrogens is 652 g/mol. The van der Waals surface area contributed by atoms with Crippen LogP contribution >= 0.6 is 11.6 Å². The normalized spacial score (nSPS) is 17.9. The van der Waals surface area contributed by atoms with Crippen LogP contribution in [0, 0.1) is 5.92 Å². The fourth-order valence-corrected chi connectivity index (χ4v) is 6.81. The predicted molar refractivity (Wildman–Crippen MR) is 199 cm³/mol. The Morgan fingerprint density at radius 3 is 2.66 bits per heavy atom. The lowest BCUT2D eigenvalue weighted by molar-refractivity contribution is -0.123. The highest BCUT2D eigenvalue weighted by Crippen LogP contribution is 2.37. The van der Waals surface area contributed by atoms with Gasteiger partial charge in [0.25, 0.3) is 5.91 Å². The summed E-state index contributed by atoms with van der Waals surface area (Å²) in [7, 11) is 3.62. The Morgan fingerprint density at radius 2 is 1.90 bits per heavy atom. The highest BCUT2D eigenvalue weighted by molar-refractivity contribution is 6.32. The number of amides is 3. The minimum atomic E-state index is -0.276. The first-order chi connectivity index (χ1) is 24.1.